The lowest BCUT2D eigenvalue weighted by molar-refractivity contribution is -0.419. The second kappa shape index (κ2) is 15.2. The molecule has 1 unspecified atom stereocenters. The quantitative estimate of drug-likeness (QED) is 0.103. The van der Waals surface area contributed by atoms with Crippen LogP contribution in [0.2, 0.25) is 0 Å². The topological polar surface area (TPSA) is 175 Å². The predicted molar refractivity (Wildman–Crippen MR) is 179 cm³/mol. The fourth-order valence-electron chi connectivity index (χ4n) is 4.99. The Morgan fingerprint density at radius 3 is 2.32 bits per heavy atom. The van der Waals surface area contributed by atoms with E-state index in [0.29, 0.717) is 34.3 Å². The van der Waals surface area contributed by atoms with Crippen LogP contribution in [0.25, 0.3) is 10.8 Å². The van der Waals surface area contributed by atoms with Gasteiger partial charge in [-0.3, -0.25) is 14.4 Å². The van der Waals surface area contributed by atoms with Gasteiger partial charge in [0, 0.05) is 28.2 Å². The van der Waals surface area contributed by atoms with Crippen molar-refractivity contribution in [2.45, 2.75) is 38.6 Å². The van der Waals surface area contributed by atoms with Crippen LogP contribution in [0.3, 0.4) is 0 Å². The Kier molecular flexibility index (Phi) is 11.3. The van der Waals surface area contributed by atoms with Gasteiger partial charge in [0.25, 0.3) is 5.91 Å². The minimum absolute atomic E-state index is 0.0173. The van der Waals surface area contributed by atoms with Gasteiger partial charge in [-0.05, 0) is 86.3 Å². The highest BCUT2D eigenvalue weighted by molar-refractivity contribution is 9.10. The minimum Gasteiger partial charge on any atom is -0.416 e. The molecule has 0 radical (unpaired) electrons. The number of nitrogens with one attached hydrogen (secondary N) is 2. The fraction of sp³-hybridized carbons (Fsp3) is 0.235. The number of ether oxygens (including phenoxy) is 1. The van der Waals surface area contributed by atoms with Gasteiger partial charge in [0.15, 0.2) is 0 Å². The summed E-state index contributed by atoms with van der Waals surface area (Å²) in [7, 11) is 1.66. The molecule has 0 aliphatic carbocycles. The van der Waals surface area contributed by atoms with Crippen LogP contribution in [0.1, 0.15) is 35.3 Å². The molecule has 13 heteroatoms. The molecule has 0 saturated heterocycles. The zero-order valence-electron chi connectivity index (χ0n) is 25.8. The lowest BCUT2D eigenvalue weighted by Gasteiger charge is -2.31. The first-order valence-electron chi connectivity index (χ1n) is 14.5. The van der Waals surface area contributed by atoms with Gasteiger partial charge in [-0.1, -0.05) is 40.2 Å². The summed E-state index contributed by atoms with van der Waals surface area (Å²) in [6, 6.07) is 22.3. The van der Waals surface area contributed by atoms with Crippen molar-refractivity contribution in [3.63, 3.8) is 0 Å². The molecule has 0 bridgehead atoms. The van der Waals surface area contributed by atoms with Crippen molar-refractivity contribution in [2.24, 2.45) is 0 Å². The van der Waals surface area contributed by atoms with Crippen molar-refractivity contribution < 1.29 is 34.4 Å². The van der Waals surface area contributed by atoms with Crippen molar-refractivity contribution >= 4 is 56.3 Å². The van der Waals surface area contributed by atoms with Crippen LogP contribution in [-0.4, -0.2) is 65.4 Å². The Labute approximate surface area is 279 Å². The van der Waals surface area contributed by atoms with Crippen molar-refractivity contribution in [3.05, 3.63) is 100 Å². The summed E-state index contributed by atoms with van der Waals surface area (Å²) < 4.78 is 5.83. The Morgan fingerprint density at radius 2 is 1.70 bits per heavy atom. The van der Waals surface area contributed by atoms with E-state index >= 15 is 0 Å². The number of carbonyl (C=O) groups is 3. The van der Waals surface area contributed by atoms with Crippen LogP contribution < -0.4 is 25.2 Å². The summed E-state index contributed by atoms with van der Waals surface area (Å²) in [5, 5.41) is 45.3. The molecule has 47 heavy (non-hydrogen) atoms. The van der Waals surface area contributed by atoms with Crippen molar-refractivity contribution in [1.29, 1.82) is 5.26 Å². The van der Waals surface area contributed by atoms with Gasteiger partial charge in [-0.2, -0.15) is 5.26 Å². The van der Waals surface area contributed by atoms with Gasteiger partial charge in [0.2, 0.25) is 12.3 Å². The number of hydrogen-bond acceptors (Lipinski definition) is 9. The number of hydrogen-bond donors (Lipinski definition) is 5. The number of amides is 3. The van der Waals surface area contributed by atoms with Gasteiger partial charge in [0.1, 0.15) is 5.75 Å². The maximum Gasteiger partial charge on any atom is 0.453 e. The molecule has 0 aliphatic rings. The maximum absolute atomic E-state index is 14.1. The number of nitrogens with zero attached hydrogens (tertiary/aromatic N) is 3. The standard InChI is InChI=1S/C34H34BrN5O7/c1-21(38-32(42)22(2)37-3)18-40(33(43)24-10-8-23(17-36)9-11-24)30-7-5-4-6-29(30)39(20-41)19-28-27-14-13-26(35)16-25(27)12-15-31(28)47-34(44,45)46/h4-16,20-22,37,44-46H,18-19H2,1-3H3,(H,38,42)/t21?,22-/m0/s1. The number of likely N-dealkylation sites (N-methyl/N-ethyl adjacent to an activating group) is 1. The summed E-state index contributed by atoms with van der Waals surface area (Å²) in [6.07, 6.45) is -2.92. The molecule has 12 nitrogen and oxygen atoms in total. The summed E-state index contributed by atoms with van der Waals surface area (Å²) >= 11 is 3.44. The van der Waals surface area contributed by atoms with Crippen LogP contribution in [0.5, 0.6) is 5.75 Å². The Hall–Kier alpha value is -4.84. The minimum atomic E-state index is -3.49. The Balaban J connectivity index is 1.81. The summed E-state index contributed by atoms with van der Waals surface area (Å²) in [6.45, 7) is 3.30. The predicted octanol–water partition coefficient (Wildman–Crippen LogP) is 3.36. The molecule has 0 fully saturated rings. The molecule has 2 atom stereocenters. The molecular weight excluding hydrogens is 670 g/mol. The van der Waals surface area contributed by atoms with E-state index in [2.05, 4.69) is 26.6 Å². The number of fused-ring (bicyclic) bond motifs is 1. The van der Waals surface area contributed by atoms with E-state index in [1.165, 1.54) is 40.1 Å². The van der Waals surface area contributed by atoms with Crippen molar-refractivity contribution in [3.8, 4) is 11.8 Å². The Bertz CT molecular complexity index is 1800. The number of benzene rings is 4. The summed E-state index contributed by atoms with van der Waals surface area (Å²) in [5.74, 6) is -0.811. The zero-order valence-corrected chi connectivity index (χ0v) is 27.4. The maximum atomic E-state index is 14.1. The molecular formula is C34H34BrN5O7. The molecule has 0 spiro atoms. The number of aliphatic hydroxyl groups is 3. The Morgan fingerprint density at radius 1 is 1.02 bits per heavy atom. The van der Waals surface area contributed by atoms with Gasteiger partial charge in [-0.15, -0.1) is 0 Å². The van der Waals surface area contributed by atoms with Crippen LogP contribution in [0.4, 0.5) is 11.4 Å². The van der Waals surface area contributed by atoms with Crippen LogP contribution in [-0.2, 0) is 16.1 Å². The van der Waals surface area contributed by atoms with Crippen LogP contribution >= 0.6 is 15.9 Å². The number of rotatable bonds is 13. The SMILES string of the molecule is CN[C@@H](C)C(=O)NC(C)CN(C(=O)c1ccc(C#N)cc1)c1ccccc1N(C=O)Cc1c(OC(O)(O)O)ccc2cc(Br)ccc12. The van der Waals surface area contributed by atoms with E-state index in [4.69, 9.17) is 4.74 Å². The number of anilines is 2. The number of carbonyl (C=O) groups excluding carboxylic acids is 3. The van der Waals surface area contributed by atoms with E-state index in [1.807, 2.05) is 12.1 Å². The molecule has 0 saturated carbocycles. The molecule has 5 N–H and O–H groups in total. The normalized spacial score (nSPS) is 12.5. The van der Waals surface area contributed by atoms with Gasteiger partial charge in [-0.25, -0.2) is 0 Å². The third-order valence-corrected chi connectivity index (χ3v) is 7.91. The molecule has 244 valence electrons. The van der Waals surface area contributed by atoms with Crippen LogP contribution in [0, 0.1) is 11.3 Å². The van der Waals surface area contributed by atoms with Gasteiger partial charge in [0.05, 0.1) is 35.6 Å². The monoisotopic (exact) mass is 703 g/mol. The highest BCUT2D eigenvalue weighted by Gasteiger charge is 2.28. The molecule has 4 aromatic carbocycles. The summed E-state index contributed by atoms with van der Waals surface area (Å²) in [4.78, 5) is 42.3. The smallest absolute Gasteiger partial charge is 0.416 e. The largest absolute Gasteiger partial charge is 0.453 e. The number of halogens is 1. The van der Waals surface area contributed by atoms with Crippen LogP contribution in [0.15, 0.2) is 83.3 Å². The van der Waals surface area contributed by atoms with Crippen molar-refractivity contribution in [2.75, 3.05) is 23.4 Å². The molecule has 0 aromatic heterocycles. The molecule has 0 aliphatic heterocycles. The molecule has 0 heterocycles. The van der Waals surface area contributed by atoms with E-state index in [0.717, 1.165) is 9.86 Å². The van der Waals surface area contributed by atoms with E-state index < -0.39 is 24.2 Å². The van der Waals surface area contributed by atoms with Gasteiger partial charge < -0.3 is 40.5 Å². The van der Waals surface area contributed by atoms with E-state index in [1.54, 1.807) is 63.4 Å². The lowest BCUT2D eigenvalue weighted by Crippen LogP contribution is -2.49. The van der Waals surface area contributed by atoms with E-state index in [9.17, 15) is 35.0 Å². The average molecular weight is 705 g/mol. The first-order chi connectivity index (χ1) is 22.3. The van der Waals surface area contributed by atoms with Crippen molar-refractivity contribution in [1.82, 2.24) is 10.6 Å². The molecule has 3 amide bonds. The second-order valence-electron chi connectivity index (χ2n) is 10.8. The first kappa shape index (κ1) is 35.0. The number of nitriles is 1. The first-order valence-corrected chi connectivity index (χ1v) is 15.3. The molecule has 4 rings (SSSR count). The highest BCUT2D eigenvalue weighted by atomic mass is 79.9. The zero-order chi connectivity index (χ0) is 34.3. The summed E-state index contributed by atoms with van der Waals surface area (Å²) in [5.41, 5.74) is 1.64. The van der Waals surface area contributed by atoms with Gasteiger partial charge >= 0.3 is 6.16 Å². The average Bonchev–Trinajstić information content (AvgIpc) is 3.05. The van der Waals surface area contributed by atoms with E-state index in [-0.39, 0.29) is 30.3 Å². The third kappa shape index (κ3) is 8.70. The fourth-order valence-corrected chi connectivity index (χ4v) is 5.37. The second-order valence-corrected chi connectivity index (χ2v) is 11.7. The third-order valence-electron chi connectivity index (χ3n) is 7.41. The highest BCUT2D eigenvalue weighted by Crippen LogP contribution is 2.36. The number of para-hydroxylation sites is 2. The lowest BCUT2D eigenvalue weighted by atomic mass is 10.0. The molecule has 4 aromatic rings.